The summed E-state index contributed by atoms with van der Waals surface area (Å²) in [4.78, 5) is 0. The van der Waals surface area contributed by atoms with E-state index in [2.05, 4.69) is 26.1 Å². The van der Waals surface area contributed by atoms with Gasteiger partial charge in [0, 0.05) is 18.7 Å². The van der Waals surface area contributed by atoms with E-state index in [-0.39, 0.29) is 5.69 Å². The molecule has 1 N–H and O–H groups in total. The van der Waals surface area contributed by atoms with Crippen LogP contribution in [-0.2, 0) is 0 Å². The highest BCUT2D eigenvalue weighted by Gasteiger charge is 2.28. The van der Waals surface area contributed by atoms with Crippen molar-refractivity contribution in [1.29, 1.82) is 0 Å². The van der Waals surface area contributed by atoms with Gasteiger partial charge in [-0.3, -0.25) is 0 Å². The number of nitrogens with one attached hydrogen (secondary N) is 1. The molecule has 0 heterocycles. The van der Waals surface area contributed by atoms with Gasteiger partial charge in [-0.15, -0.1) is 0 Å². The molecule has 1 rings (SSSR count). The van der Waals surface area contributed by atoms with E-state index in [1.807, 2.05) is 0 Å². The number of unbranched alkanes of at least 4 members (excludes halogenated alkanes) is 3. The third-order valence-corrected chi connectivity index (χ3v) is 11.4. The molecule has 0 bridgehead atoms. The van der Waals surface area contributed by atoms with Crippen LogP contribution in [0.25, 0.3) is 0 Å². The van der Waals surface area contributed by atoms with E-state index in [9.17, 15) is 13.2 Å². The molecule has 0 saturated heterocycles. The molecule has 0 amide bonds. The van der Waals surface area contributed by atoms with Gasteiger partial charge in [-0.05, 0) is 6.42 Å². The van der Waals surface area contributed by atoms with Crippen LogP contribution in [0.1, 0.15) is 65.7 Å². The van der Waals surface area contributed by atoms with Crippen LogP contribution in [0.2, 0.25) is 24.2 Å². The molecule has 0 radical (unpaired) electrons. The van der Waals surface area contributed by atoms with E-state index in [0.717, 1.165) is 18.9 Å². The molecule has 1 aromatic carbocycles. The van der Waals surface area contributed by atoms with E-state index in [1.165, 1.54) is 56.3 Å². The van der Waals surface area contributed by atoms with Gasteiger partial charge >= 0.3 is 0 Å². The Morgan fingerprint density at radius 2 is 1.35 bits per heavy atom. The fourth-order valence-electron chi connectivity index (χ4n) is 4.23. The van der Waals surface area contributed by atoms with Gasteiger partial charge in [0.05, 0.1) is 13.8 Å². The Balaban J connectivity index is 2.31. The highest BCUT2D eigenvalue weighted by Crippen LogP contribution is 2.32. The van der Waals surface area contributed by atoms with E-state index in [0.29, 0.717) is 12.6 Å². The molecule has 0 aromatic heterocycles. The van der Waals surface area contributed by atoms with Gasteiger partial charge in [0.25, 0.3) is 0 Å². The molecule has 0 atom stereocenters. The van der Waals surface area contributed by atoms with E-state index >= 15 is 0 Å². The molecule has 1 nitrogen and oxygen atoms in total. The maximum Gasteiger partial charge on any atom is 0.182 e. The molecule has 0 fully saturated rings. The van der Waals surface area contributed by atoms with Gasteiger partial charge in [-0.2, -0.15) is 0 Å². The van der Waals surface area contributed by atoms with E-state index < -0.39 is 25.5 Å². The number of hydrogen-bond donors (Lipinski definition) is 1. The third kappa shape index (κ3) is 7.73. The van der Waals surface area contributed by atoms with Crippen LogP contribution >= 0.6 is 0 Å². The second-order valence-corrected chi connectivity index (χ2v) is 12.6. The number of halogens is 3. The molecule has 1 aromatic rings. The van der Waals surface area contributed by atoms with Crippen molar-refractivity contribution in [3.8, 4) is 0 Å². The Labute approximate surface area is 158 Å². The summed E-state index contributed by atoms with van der Waals surface area (Å²) in [5.41, 5.74) is -0.0808. The predicted molar refractivity (Wildman–Crippen MR) is 109 cm³/mol. The summed E-state index contributed by atoms with van der Waals surface area (Å²) in [5, 5.41) is 2.82. The minimum absolute atomic E-state index is 0.0808. The average molecular weight is 388 g/mol. The Bertz CT molecular complexity index is 505. The van der Waals surface area contributed by atoms with Gasteiger partial charge in [-0.1, -0.05) is 83.5 Å². The molecule has 0 spiro atoms. The van der Waals surface area contributed by atoms with Gasteiger partial charge in [0.15, 0.2) is 11.6 Å². The Hall–Kier alpha value is -0.973. The van der Waals surface area contributed by atoms with Crippen molar-refractivity contribution >= 4 is 13.8 Å². The summed E-state index contributed by atoms with van der Waals surface area (Å²) in [6.45, 7) is 7.48. The van der Waals surface area contributed by atoms with Gasteiger partial charge in [0.1, 0.15) is 5.82 Å². The molecule has 0 aliphatic rings. The molecular weight excluding hydrogens is 351 g/mol. The van der Waals surface area contributed by atoms with Crippen LogP contribution in [-0.4, -0.2) is 14.6 Å². The first-order valence-corrected chi connectivity index (χ1v) is 13.2. The van der Waals surface area contributed by atoms with Crippen LogP contribution in [0.15, 0.2) is 12.1 Å². The topological polar surface area (TPSA) is 12.0 Å². The largest absolute Gasteiger partial charge is 0.383 e. The summed E-state index contributed by atoms with van der Waals surface area (Å²) in [6, 6.07) is 7.39. The van der Waals surface area contributed by atoms with Crippen LogP contribution < -0.4 is 5.32 Å². The minimum atomic E-state index is -1.14. The highest BCUT2D eigenvalue weighted by molar-refractivity contribution is 6.79. The lowest BCUT2D eigenvalue weighted by Gasteiger charge is -2.31. The predicted octanol–water partition coefficient (Wildman–Crippen LogP) is 7.76. The van der Waals surface area contributed by atoms with Crippen molar-refractivity contribution < 1.29 is 13.2 Å². The maximum absolute atomic E-state index is 13.6. The zero-order valence-electron chi connectivity index (χ0n) is 16.8. The number of anilines is 1. The average Bonchev–Trinajstić information content (AvgIpc) is 2.58. The zero-order chi connectivity index (χ0) is 19.4. The second kappa shape index (κ2) is 12.4. The quantitative estimate of drug-likeness (QED) is 0.195. The van der Waals surface area contributed by atoms with Gasteiger partial charge in [0.2, 0.25) is 0 Å². The SMILES string of the molecule is CCC[Si](CCC)(CCC)CCCCCCNc1cc(F)cc(F)c1F. The van der Waals surface area contributed by atoms with Crippen molar-refractivity contribution in [2.45, 2.75) is 89.9 Å². The van der Waals surface area contributed by atoms with E-state index in [1.54, 1.807) is 0 Å². The summed E-state index contributed by atoms with van der Waals surface area (Å²) in [6.07, 6.45) is 8.37. The monoisotopic (exact) mass is 387 g/mol. The first-order valence-electron chi connectivity index (χ1n) is 10.4. The molecule has 0 saturated carbocycles. The highest BCUT2D eigenvalue weighted by atomic mass is 28.3. The van der Waals surface area contributed by atoms with Crippen molar-refractivity contribution in [2.75, 3.05) is 11.9 Å². The Morgan fingerprint density at radius 1 is 0.769 bits per heavy atom. The normalized spacial score (nSPS) is 11.8. The first-order chi connectivity index (χ1) is 12.5. The molecule has 26 heavy (non-hydrogen) atoms. The Morgan fingerprint density at radius 3 is 1.92 bits per heavy atom. The zero-order valence-corrected chi connectivity index (χ0v) is 17.8. The van der Waals surface area contributed by atoms with E-state index in [4.69, 9.17) is 0 Å². The lowest BCUT2D eigenvalue weighted by Crippen LogP contribution is -2.33. The smallest absolute Gasteiger partial charge is 0.182 e. The lowest BCUT2D eigenvalue weighted by atomic mass is 10.2. The van der Waals surface area contributed by atoms with Crippen LogP contribution in [0, 0.1) is 17.5 Å². The Kier molecular flexibility index (Phi) is 11.0. The summed E-state index contributed by atoms with van der Waals surface area (Å²) in [7, 11) is -1.09. The summed E-state index contributed by atoms with van der Waals surface area (Å²) < 4.78 is 39.9. The third-order valence-electron chi connectivity index (χ3n) is 5.28. The first kappa shape index (κ1) is 23.1. The summed E-state index contributed by atoms with van der Waals surface area (Å²) in [5.74, 6) is -2.90. The van der Waals surface area contributed by atoms with Crippen molar-refractivity contribution in [2.24, 2.45) is 0 Å². The lowest BCUT2D eigenvalue weighted by molar-refractivity contribution is 0.497. The summed E-state index contributed by atoms with van der Waals surface area (Å²) >= 11 is 0. The van der Waals surface area contributed by atoms with Crippen molar-refractivity contribution in [3.63, 3.8) is 0 Å². The molecule has 0 aliphatic heterocycles. The number of rotatable bonds is 14. The van der Waals surface area contributed by atoms with Crippen LogP contribution in [0.5, 0.6) is 0 Å². The number of hydrogen-bond acceptors (Lipinski definition) is 1. The van der Waals surface area contributed by atoms with Gasteiger partial charge in [-0.25, -0.2) is 13.2 Å². The standard InChI is InChI=1S/C21H36F3NSi/c1-4-12-26(13-5-2,14-6-3)15-10-8-7-9-11-25-20-17-18(22)16-19(23)21(20)24/h16-17,25H,4-15H2,1-3H3. The van der Waals surface area contributed by atoms with Crippen LogP contribution in [0.3, 0.4) is 0 Å². The van der Waals surface area contributed by atoms with Crippen LogP contribution in [0.4, 0.5) is 18.9 Å². The van der Waals surface area contributed by atoms with Gasteiger partial charge < -0.3 is 5.32 Å². The molecule has 0 aliphatic carbocycles. The van der Waals surface area contributed by atoms with Crippen molar-refractivity contribution in [3.05, 3.63) is 29.6 Å². The molecule has 150 valence electrons. The number of benzene rings is 1. The maximum atomic E-state index is 13.6. The fourth-order valence-corrected chi connectivity index (χ4v) is 9.91. The fraction of sp³-hybridized carbons (Fsp3) is 0.714. The molecule has 0 unspecified atom stereocenters. The molecule has 5 heteroatoms. The minimum Gasteiger partial charge on any atom is -0.383 e. The van der Waals surface area contributed by atoms with Crippen molar-refractivity contribution in [1.82, 2.24) is 0 Å². The molecular formula is C21H36F3NSi. The second-order valence-electron chi connectivity index (χ2n) is 7.59.